The number of ether oxygens (including phenoxy) is 1. The lowest BCUT2D eigenvalue weighted by Gasteiger charge is -2.26. The molecule has 1 N–H and O–H groups in total. The molecule has 2 heterocycles. The van der Waals surface area contributed by atoms with Crippen LogP contribution in [-0.2, 0) is 22.5 Å². The van der Waals surface area contributed by atoms with E-state index in [2.05, 4.69) is 21.2 Å². The fourth-order valence-corrected chi connectivity index (χ4v) is 3.00. The van der Waals surface area contributed by atoms with Gasteiger partial charge in [0.05, 0.1) is 13.5 Å². The third-order valence-electron chi connectivity index (χ3n) is 3.10. The number of thiophene rings is 1. The first-order valence-electron chi connectivity index (χ1n) is 6.41. The molecular weight excluding hydrogens is 248 g/mol. The van der Waals surface area contributed by atoms with Crippen molar-refractivity contribution in [3.63, 3.8) is 0 Å². The number of hydrogen-bond acceptors (Lipinski definition) is 5. The molecule has 1 aromatic heterocycles. The van der Waals surface area contributed by atoms with Crippen molar-refractivity contribution in [1.82, 2.24) is 10.4 Å². The van der Waals surface area contributed by atoms with E-state index in [9.17, 15) is 4.79 Å². The maximum absolute atomic E-state index is 11.2. The minimum atomic E-state index is -0.174. The minimum Gasteiger partial charge on any atom is -0.469 e. The molecule has 1 aliphatic rings. The first-order valence-corrected chi connectivity index (χ1v) is 7.22. The van der Waals surface area contributed by atoms with Crippen LogP contribution in [0.5, 0.6) is 0 Å². The predicted molar refractivity (Wildman–Crippen MR) is 72.3 cm³/mol. The highest BCUT2D eigenvalue weighted by Crippen LogP contribution is 2.17. The summed E-state index contributed by atoms with van der Waals surface area (Å²) in [6.07, 6.45) is 4.29. The lowest BCUT2D eigenvalue weighted by molar-refractivity contribution is -0.139. The summed E-state index contributed by atoms with van der Waals surface area (Å²) in [6, 6.07) is 4.09. The Morgan fingerprint density at radius 2 is 2.06 bits per heavy atom. The van der Waals surface area contributed by atoms with Crippen molar-refractivity contribution in [1.29, 1.82) is 0 Å². The van der Waals surface area contributed by atoms with E-state index in [1.165, 1.54) is 31.2 Å². The number of nitrogens with zero attached hydrogens (tertiary/aromatic N) is 1. The number of esters is 1. The van der Waals surface area contributed by atoms with Gasteiger partial charge in [0.15, 0.2) is 0 Å². The average Bonchev–Trinajstić information content (AvgIpc) is 2.85. The van der Waals surface area contributed by atoms with Crippen molar-refractivity contribution in [2.45, 2.75) is 32.2 Å². The van der Waals surface area contributed by atoms with Gasteiger partial charge in [-0.05, 0) is 25.0 Å². The largest absolute Gasteiger partial charge is 0.469 e. The minimum absolute atomic E-state index is 0.174. The van der Waals surface area contributed by atoms with Gasteiger partial charge in [0, 0.05) is 29.4 Å². The molecule has 2 rings (SSSR count). The van der Waals surface area contributed by atoms with Crippen LogP contribution in [0.2, 0.25) is 0 Å². The second-order valence-corrected chi connectivity index (χ2v) is 5.76. The first kappa shape index (κ1) is 13.5. The highest BCUT2D eigenvalue weighted by molar-refractivity contribution is 7.12. The van der Waals surface area contributed by atoms with Gasteiger partial charge >= 0.3 is 5.97 Å². The first-order chi connectivity index (χ1) is 8.78. The number of nitrogens with one attached hydrogen (secondary N) is 1. The number of carbonyl (C=O) groups is 1. The summed E-state index contributed by atoms with van der Waals surface area (Å²) >= 11 is 1.68. The Balaban J connectivity index is 1.77. The van der Waals surface area contributed by atoms with Crippen LogP contribution >= 0.6 is 11.3 Å². The van der Waals surface area contributed by atoms with Crippen molar-refractivity contribution in [3.8, 4) is 0 Å². The fourth-order valence-electron chi connectivity index (χ4n) is 2.07. The van der Waals surface area contributed by atoms with E-state index in [0.29, 0.717) is 6.42 Å². The second kappa shape index (κ2) is 6.87. The highest BCUT2D eigenvalue weighted by atomic mass is 32.1. The molecule has 1 aliphatic heterocycles. The van der Waals surface area contributed by atoms with Crippen LogP contribution in [0.3, 0.4) is 0 Å². The third kappa shape index (κ3) is 4.08. The van der Waals surface area contributed by atoms with Crippen LogP contribution in [0.1, 0.15) is 29.0 Å². The Hall–Kier alpha value is -0.910. The van der Waals surface area contributed by atoms with Crippen molar-refractivity contribution in [2.75, 3.05) is 20.2 Å². The summed E-state index contributed by atoms with van der Waals surface area (Å²) in [4.78, 5) is 13.5. The average molecular weight is 268 g/mol. The predicted octanol–water partition coefficient (Wildman–Crippen LogP) is 1.95. The van der Waals surface area contributed by atoms with E-state index in [0.717, 1.165) is 24.5 Å². The second-order valence-electron chi connectivity index (χ2n) is 4.50. The SMILES string of the molecule is COC(=O)Cc1ccc(CNN2CCCCC2)s1. The molecule has 5 heteroatoms. The zero-order valence-electron chi connectivity index (χ0n) is 10.8. The summed E-state index contributed by atoms with van der Waals surface area (Å²) in [7, 11) is 1.43. The van der Waals surface area contributed by atoms with Gasteiger partial charge in [0.25, 0.3) is 0 Å². The summed E-state index contributed by atoms with van der Waals surface area (Å²) in [5.41, 5.74) is 3.45. The number of hydrogen-bond donors (Lipinski definition) is 1. The van der Waals surface area contributed by atoms with Gasteiger partial charge in [-0.1, -0.05) is 6.42 Å². The third-order valence-corrected chi connectivity index (χ3v) is 4.18. The number of piperidine rings is 1. The molecule has 0 amide bonds. The molecule has 1 fully saturated rings. The van der Waals surface area contributed by atoms with Gasteiger partial charge in [-0.2, -0.15) is 0 Å². The van der Waals surface area contributed by atoms with Gasteiger partial charge < -0.3 is 4.74 Å². The van der Waals surface area contributed by atoms with E-state index in [1.807, 2.05) is 6.07 Å². The molecule has 18 heavy (non-hydrogen) atoms. The molecule has 100 valence electrons. The Labute approximate surface area is 112 Å². The van der Waals surface area contributed by atoms with E-state index >= 15 is 0 Å². The quantitative estimate of drug-likeness (QED) is 0.829. The van der Waals surface area contributed by atoms with Crippen LogP contribution in [0.4, 0.5) is 0 Å². The highest BCUT2D eigenvalue weighted by Gasteiger charge is 2.10. The topological polar surface area (TPSA) is 41.6 Å². The Morgan fingerprint density at radius 1 is 1.33 bits per heavy atom. The summed E-state index contributed by atoms with van der Waals surface area (Å²) < 4.78 is 4.66. The lowest BCUT2D eigenvalue weighted by atomic mass is 10.2. The normalized spacial score (nSPS) is 16.7. The molecular formula is C13H20N2O2S. The summed E-state index contributed by atoms with van der Waals surface area (Å²) in [5, 5.41) is 2.29. The summed E-state index contributed by atoms with van der Waals surface area (Å²) in [5.74, 6) is -0.174. The molecule has 0 bridgehead atoms. The van der Waals surface area contributed by atoms with E-state index in [4.69, 9.17) is 0 Å². The van der Waals surface area contributed by atoms with Gasteiger partial charge in [0.2, 0.25) is 0 Å². The van der Waals surface area contributed by atoms with Crippen LogP contribution in [-0.4, -0.2) is 31.2 Å². The van der Waals surface area contributed by atoms with Crippen molar-refractivity contribution < 1.29 is 9.53 Å². The monoisotopic (exact) mass is 268 g/mol. The van der Waals surface area contributed by atoms with E-state index in [1.54, 1.807) is 11.3 Å². The Bertz CT molecular complexity index is 386. The Kier molecular flexibility index (Phi) is 5.16. The number of rotatable bonds is 5. The van der Waals surface area contributed by atoms with Crippen LogP contribution in [0, 0.1) is 0 Å². The molecule has 0 atom stereocenters. The number of methoxy groups -OCH3 is 1. The standard InChI is InChI=1S/C13H20N2O2S/c1-17-13(16)9-11-5-6-12(18-11)10-14-15-7-3-2-4-8-15/h5-6,14H,2-4,7-10H2,1H3. The zero-order chi connectivity index (χ0) is 12.8. The molecule has 1 saturated heterocycles. The zero-order valence-corrected chi connectivity index (χ0v) is 11.6. The van der Waals surface area contributed by atoms with Gasteiger partial charge in [0.1, 0.15) is 0 Å². The molecule has 0 unspecified atom stereocenters. The molecule has 0 aliphatic carbocycles. The molecule has 1 aromatic rings. The molecule has 0 aromatic carbocycles. The van der Waals surface area contributed by atoms with Gasteiger partial charge in [-0.3, -0.25) is 4.79 Å². The number of carbonyl (C=O) groups excluding carboxylic acids is 1. The maximum atomic E-state index is 11.2. The van der Waals surface area contributed by atoms with Gasteiger partial charge in [-0.15, -0.1) is 11.3 Å². The van der Waals surface area contributed by atoms with Crippen LogP contribution in [0.15, 0.2) is 12.1 Å². The Morgan fingerprint density at radius 3 is 2.78 bits per heavy atom. The molecule has 0 saturated carbocycles. The summed E-state index contributed by atoms with van der Waals surface area (Å²) in [6.45, 7) is 3.13. The van der Waals surface area contributed by atoms with Crippen molar-refractivity contribution >= 4 is 17.3 Å². The van der Waals surface area contributed by atoms with Crippen LogP contribution < -0.4 is 5.43 Å². The fraction of sp³-hybridized carbons (Fsp3) is 0.615. The van der Waals surface area contributed by atoms with E-state index < -0.39 is 0 Å². The number of hydrazine groups is 1. The van der Waals surface area contributed by atoms with Crippen molar-refractivity contribution in [2.24, 2.45) is 0 Å². The van der Waals surface area contributed by atoms with Crippen LogP contribution in [0.25, 0.3) is 0 Å². The smallest absolute Gasteiger partial charge is 0.310 e. The maximum Gasteiger partial charge on any atom is 0.310 e. The van der Waals surface area contributed by atoms with Crippen molar-refractivity contribution in [3.05, 3.63) is 21.9 Å². The molecule has 0 spiro atoms. The molecule has 4 nitrogen and oxygen atoms in total. The van der Waals surface area contributed by atoms with E-state index in [-0.39, 0.29) is 5.97 Å². The lowest BCUT2D eigenvalue weighted by Crippen LogP contribution is -2.40. The van der Waals surface area contributed by atoms with Gasteiger partial charge in [-0.25, -0.2) is 10.4 Å². The molecule has 0 radical (unpaired) electrons.